The second-order valence-corrected chi connectivity index (χ2v) is 7.41. The Labute approximate surface area is 109 Å². The maximum Gasteiger partial charge on any atom is 0.247 e. The highest BCUT2D eigenvalue weighted by Crippen LogP contribution is 2.21. The average molecular weight is 291 g/mol. The number of hydrogen-bond acceptors (Lipinski definition) is 5. The Morgan fingerprint density at radius 1 is 1.53 bits per heavy atom. The van der Waals surface area contributed by atoms with E-state index in [1.165, 1.54) is 24.8 Å². The highest BCUT2D eigenvalue weighted by atomic mass is 32.2. The summed E-state index contributed by atoms with van der Waals surface area (Å²) in [6, 6.07) is 3.20. The van der Waals surface area contributed by atoms with E-state index < -0.39 is 10.0 Å². The van der Waals surface area contributed by atoms with E-state index in [0.717, 1.165) is 28.4 Å². The van der Waals surface area contributed by atoms with Crippen molar-refractivity contribution in [2.45, 2.75) is 17.6 Å². The number of hydrogen-bond donors (Lipinski definition) is 1. The molecule has 1 rings (SSSR count). The lowest BCUT2D eigenvalue weighted by molar-refractivity contribution is -0.109. The first kappa shape index (κ1) is 14.4. The number of thiophene rings is 1. The summed E-state index contributed by atoms with van der Waals surface area (Å²) in [6.45, 7) is 1.53. The molecule has 1 aromatic heterocycles. The van der Waals surface area contributed by atoms with Crippen LogP contribution in [0.1, 0.15) is 18.2 Å². The van der Waals surface area contributed by atoms with E-state index in [0.29, 0.717) is 0 Å². The van der Waals surface area contributed by atoms with E-state index in [-0.39, 0.29) is 9.32 Å². The number of primary sulfonamides is 1. The Morgan fingerprint density at radius 2 is 2.24 bits per heavy atom. The van der Waals surface area contributed by atoms with Gasteiger partial charge in [-0.25, -0.2) is 13.6 Å². The van der Waals surface area contributed by atoms with Crippen molar-refractivity contribution >= 4 is 44.3 Å². The van der Waals surface area contributed by atoms with E-state index in [4.69, 9.17) is 5.14 Å². The van der Waals surface area contributed by atoms with Gasteiger partial charge in [-0.2, -0.15) is 0 Å². The van der Waals surface area contributed by atoms with Crippen molar-refractivity contribution in [2.75, 3.05) is 5.75 Å². The third-order valence-corrected chi connectivity index (χ3v) is 5.09. The molecule has 0 saturated heterocycles. The molecular weight excluding hydrogens is 278 g/mol. The van der Waals surface area contributed by atoms with Crippen molar-refractivity contribution in [1.82, 2.24) is 0 Å². The molecule has 17 heavy (non-hydrogen) atoms. The number of carbonyl (C=O) groups excluding carboxylic acids is 1. The van der Waals surface area contributed by atoms with Crippen LogP contribution in [0.2, 0.25) is 0 Å². The van der Waals surface area contributed by atoms with Gasteiger partial charge in [0.25, 0.3) is 0 Å². The number of rotatable bonds is 5. The minimum Gasteiger partial charge on any atom is -0.288 e. The van der Waals surface area contributed by atoms with Gasteiger partial charge in [-0.05, 0) is 24.6 Å². The lowest BCUT2D eigenvalue weighted by atomic mass is 10.3. The van der Waals surface area contributed by atoms with Crippen LogP contribution in [0.25, 0.3) is 6.08 Å². The molecule has 0 amide bonds. The highest BCUT2D eigenvalue weighted by molar-refractivity contribution is 8.13. The first-order chi connectivity index (χ1) is 7.89. The first-order valence-corrected chi connectivity index (χ1v) is 8.17. The summed E-state index contributed by atoms with van der Waals surface area (Å²) in [4.78, 5) is 11.5. The van der Waals surface area contributed by atoms with Crippen LogP contribution in [0.15, 0.2) is 22.4 Å². The normalized spacial score (nSPS) is 12.1. The van der Waals surface area contributed by atoms with Crippen LogP contribution < -0.4 is 5.14 Å². The number of thioether (sulfide) groups is 1. The molecule has 0 aliphatic rings. The summed E-state index contributed by atoms with van der Waals surface area (Å²) in [7, 11) is -3.59. The monoisotopic (exact) mass is 291 g/mol. The van der Waals surface area contributed by atoms with Crippen LogP contribution in [-0.2, 0) is 14.8 Å². The van der Waals surface area contributed by atoms with E-state index >= 15 is 0 Å². The topological polar surface area (TPSA) is 77.2 Å². The van der Waals surface area contributed by atoms with E-state index in [1.54, 1.807) is 6.07 Å². The van der Waals surface area contributed by atoms with Crippen LogP contribution in [0.3, 0.4) is 0 Å². The van der Waals surface area contributed by atoms with Gasteiger partial charge in [-0.1, -0.05) is 17.8 Å². The summed E-state index contributed by atoms with van der Waals surface area (Å²) < 4.78 is 22.2. The number of sulfonamides is 1. The van der Waals surface area contributed by atoms with Gasteiger partial charge < -0.3 is 0 Å². The Morgan fingerprint density at radius 3 is 2.76 bits per heavy atom. The lowest BCUT2D eigenvalue weighted by Crippen LogP contribution is -2.09. The Balaban J connectivity index is 2.50. The molecule has 2 N–H and O–H groups in total. The van der Waals surface area contributed by atoms with Gasteiger partial charge in [0.15, 0.2) is 5.12 Å². The molecule has 94 valence electrons. The molecule has 7 heteroatoms. The molecule has 0 aromatic carbocycles. The number of carbonyl (C=O) groups is 1. The Hall–Kier alpha value is -0.630. The molecule has 1 aromatic rings. The highest BCUT2D eigenvalue weighted by Gasteiger charge is 2.09. The predicted octanol–water partition coefficient (Wildman–Crippen LogP) is 2.08. The van der Waals surface area contributed by atoms with Gasteiger partial charge in [-0.15, -0.1) is 11.3 Å². The third kappa shape index (κ3) is 5.49. The van der Waals surface area contributed by atoms with Crippen molar-refractivity contribution in [2.24, 2.45) is 5.14 Å². The van der Waals surface area contributed by atoms with Crippen molar-refractivity contribution in [3.8, 4) is 0 Å². The predicted molar refractivity (Wildman–Crippen MR) is 72.5 cm³/mol. The molecule has 0 bridgehead atoms. The lowest BCUT2D eigenvalue weighted by Gasteiger charge is -1.91. The van der Waals surface area contributed by atoms with Crippen molar-refractivity contribution < 1.29 is 13.2 Å². The number of nitrogens with two attached hydrogens (primary N) is 1. The Kier molecular flexibility index (Phi) is 5.38. The van der Waals surface area contributed by atoms with Crippen LogP contribution in [-0.4, -0.2) is 19.3 Å². The van der Waals surface area contributed by atoms with Gasteiger partial charge >= 0.3 is 0 Å². The Bertz CT molecular complexity index is 517. The van der Waals surface area contributed by atoms with E-state index in [1.807, 2.05) is 12.2 Å². The molecule has 0 unspecified atom stereocenters. The second kappa shape index (κ2) is 6.34. The minimum absolute atomic E-state index is 0.103. The summed E-state index contributed by atoms with van der Waals surface area (Å²) in [5, 5.41) is 5.10. The van der Waals surface area contributed by atoms with Crippen LogP contribution >= 0.6 is 23.1 Å². The summed E-state index contributed by atoms with van der Waals surface area (Å²) in [6.07, 6.45) is 4.52. The second-order valence-electron chi connectivity index (χ2n) is 3.23. The van der Waals surface area contributed by atoms with E-state index in [9.17, 15) is 13.2 Å². The molecule has 0 aliphatic carbocycles. The summed E-state index contributed by atoms with van der Waals surface area (Å²) in [5.41, 5.74) is 0. The fourth-order valence-corrected chi connectivity index (χ4v) is 3.27. The average Bonchev–Trinajstić information content (AvgIpc) is 2.64. The third-order valence-electron chi connectivity index (χ3n) is 1.75. The molecule has 4 nitrogen and oxygen atoms in total. The SMILES string of the molecule is CC(=O)SCCC=Cc1ccc(S(N)(=O)=O)s1. The maximum atomic E-state index is 11.0. The van der Waals surface area contributed by atoms with Gasteiger partial charge in [0.2, 0.25) is 10.0 Å². The molecule has 0 saturated carbocycles. The quantitative estimate of drug-likeness (QED) is 0.843. The van der Waals surface area contributed by atoms with Gasteiger partial charge in [0.1, 0.15) is 4.21 Å². The summed E-state index contributed by atoms with van der Waals surface area (Å²) >= 11 is 2.40. The molecule has 0 atom stereocenters. The molecular formula is C10H13NO3S3. The molecule has 0 radical (unpaired) electrons. The van der Waals surface area contributed by atoms with Crippen molar-refractivity contribution in [3.63, 3.8) is 0 Å². The molecule has 0 aliphatic heterocycles. The fraction of sp³-hybridized carbons (Fsp3) is 0.300. The number of allylic oxidation sites excluding steroid dienone is 1. The van der Waals surface area contributed by atoms with Crippen LogP contribution in [0.4, 0.5) is 0 Å². The standard InChI is InChI=1S/C10H13NO3S3/c1-8(12)15-7-3-2-4-9-5-6-10(16-9)17(11,13)14/h2,4-6H,3,7H2,1H3,(H2,11,13,14). The van der Waals surface area contributed by atoms with Crippen LogP contribution in [0, 0.1) is 0 Å². The first-order valence-electron chi connectivity index (χ1n) is 4.82. The van der Waals surface area contributed by atoms with Crippen molar-refractivity contribution in [1.29, 1.82) is 0 Å². The molecule has 0 fully saturated rings. The zero-order valence-electron chi connectivity index (χ0n) is 9.25. The fourth-order valence-electron chi connectivity index (χ4n) is 1.05. The zero-order chi connectivity index (χ0) is 12.9. The van der Waals surface area contributed by atoms with Gasteiger partial charge in [-0.3, -0.25) is 4.79 Å². The van der Waals surface area contributed by atoms with Gasteiger partial charge in [0.05, 0.1) is 0 Å². The van der Waals surface area contributed by atoms with Crippen molar-refractivity contribution in [3.05, 3.63) is 23.1 Å². The molecule has 1 heterocycles. The zero-order valence-corrected chi connectivity index (χ0v) is 11.7. The largest absolute Gasteiger partial charge is 0.288 e. The minimum atomic E-state index is -3.59. The van der Waals surface area contributed by atoms with Gasteiger partial charge in [0, 0.05) is 17.6 Å². The summed E-state index contributed by atoms with van der Waals surface area (Å²) in [5.74, 6) is 0.735. The van der Waals surface area contributed by atoms with Crippen LogP contribution in [0.5, 0.6) is 0 Å². The van der Waals surface area contributed by atoms with E-state index in [2.05, 4.69) is 0 Å². The smallest absolute Gasteiger partial charge is 0.247 e. The molecule has 0 spiro atoms. The maximum absolute atomic E-state index is 11.0.